The van der Waals surface area contributed by atoms with Crippen LogP contribution < -0.4 is 9.80 Å². The molecule has 0 aromatic heterocycles. The molecule has 11 rings (SSSR count). The van der Waals surface area contributed by atoms with Gasteiger partial charge in [-0.2, -0.15) is 0 Å². The third-order valence-electron chi connectivity index (χ3n) is 13.5. The lowest BCUT2D eigenvalue weighted by atomic mass is 9.82. The van der Waals surface area contributed by atoms with E-state index in [-0.39, 0.29) is 5.41 Å². The molecule has 0 N–H and O–H groups in total. The number of fused-ring (bicyclic) bond motifs is 6. The number of nitrogens with zero attached hydrogens (tertiary/aromatic N) is 2. The molecule has 1 aliphatic carbocycles. The molecule has 0 saturated heterocycles. The molecule has 0 fully saturated rings. The van der Waals surface area contributed by atoms with Crippen LogP contribution in [-0.4, -0.2) is 0 Å². The minimum atomic E-state index is -0.158. The summed E-state index contributed by atoms with van der Waals surface area (Å²) in [6, 6.07) is 83.7. The molecule has 10 aromatic rings. The van der Waals surface area contributed by atoms with Gasteiger partial charge in [-0.15, -0.1) is 0 Å². The fourth-order valence-corrected chi connectivity index (χ4v) is 10.1. The van der Waals surface area contributed by atoms with Gasteiger partial charge in [0, 0.05) is 39.4 Å². The number of hydrogen-bond donors (Lipinski definition) is 0. The van der Waals surface area contributed by atoms with Crippen LogP contribution in [0.2, 0.25) is 0 Å². The van der Waals surface area contributed by atoms with E-state index >= 15 is 0 Å². The van der Waals surface area contributed by atoms with E-state index in [0.717, 1.165) is 45.0 Å². The second-order valence-corrected chi connectivity index (χ2v) is 17.8. The highest BCUT2D eigenvalue weighted by atomic mass is 15.2. The molecule has 320 valence electrons. The molecule has 2 heteroatoms. The summed E-state index contributed by atoms with van der Waals surface area (Å²) < 4.78 is 0. The summed E-state index contributed by atoms with van der Waals surface area (Å²) >= 11 is 0. The van der Waals surface area contributed by atoms with Crippen LogP contribution in [0.1, 0.15) is 30.5 Å². The fraction of sp³-hybridized carbons (Fsp3) is 0.0462. The van der Waals surface area contributed by atoms with Crippen LogP contribution in [0.3, 0.4) is 0 Å². The van der Waals surface area contributed by atoms with Gasteiger partial charge >= 0.3 is 0 Å². The van der Waals surface area contributed by atoms with Crippen molar-refractivity contribution in [2.75, 3.05) is 9.80 Å². The van der Waals surface area contributed by atoms with Crippen LogP contribution in [0.15, 0.2) is 262 Å². The summed E-state index contributed by atoms with van der Waals surface area (Å²) in [6.45, 7) is 8.81. The number of benzene rings is 10. The van der Waals surface area contributed by atoms with Gasteiger partial charge in [-0.3, -0.25) is 0 Å². The molecule has 10 aromatic carbocycles. The number of allylic oxidation sites excluding steroid dienone is 4. The van der Waals surface area contributed by atoms with Gasteiger partial charge in [0.15, 0.2) is 0 Å². The number of rotatable bonds is 11. The molecule has 0 radical (unpaired) electrons. The van der Waals surface area contributed by atoms with E-state index in [1.54, 1.807) is 0 Å². The Balaban J connectivity index is 1.14. The van der Waals surface area contributed by atoms with Crippen molar-refractivity contribution in [2.24, 2.45) is 0 Å². The molecule has 0 atom stereocenters. The van der Waals surface area contributed by atoms with E-state index < -0.39 is 0 Å². The van der Waals surface area contributed by atoms with Gasteiger partial charge in [0.1, 0.15) is 0 Å². The summed E-state index contributed by atoms with van der Waals surface area (Å²) in [6.07, 6.45) is 8.37. The third-order valence-corrected chi connectivity index (χ3v) is 13.5. The van der Waals surface area contributed by atoms with Gasteiger partial charge in [0.25, 0.3) is 0 Å². The molecule has 0 bridgehead atoms. The minimum Gasteiger partial charge on any atom is -0.317 e. The molecule has 0 amide bonds. The third kappa shape index (κ3) is 7.63. The Bertz CT molecular complexity index is 3470. The zero-order valence-corrected chi connectivity index (χ0v) is 37.9. The zero-order valence-electron chi connectivity index (χ0n) is 37.9. The summed E-state index contributed by atoms with van der Waals surface area (Å²) in [5, 5.41) is 4.69. The topological polar surface area (TPSA) is 6.48 Å². The molecule has 0 unspecified atom stereocenters. The van der Waals surface area contributed by atoms with E-state index in [0.29, 0.717) is 0 Å². The zero-order chi connectivity index (χ0) is 45.3. The fourth-order valence-electron chi connectivity index (χ4n) is 10.1. The monoisotopic (exact) mass is 858 g/mol. The van der Waals surface area contributed by atoms with Gasteiger partial charge < -0.3 is 9.80 Å². The van der Waals surface area contributed by atoms with E-state index in [4.69, 9.17) is 0 Å². The maximum Gasteiger partial charge on any atom is 0.0541 e. The molecule has 0 aliphatic heterocycles. The van der Waals surface area contributed by atoms with E-state index in [1.165, 1.54) is 60.7 Å². The molecule has 1 aliphatic rings. The molecular formula is C65H50N2. The summed E-state index contributed by atoms with van der Waals surface area (Å²) in [5.74, 6) is 0. The van der Waals surface area contributed by atoms with Gasteiger partial charge in [0.2, 0.25) is 0 Å². The van der Waals surface area contributed by atoms with Crippen LogP contribution in [0.25, 0.3) is 60.5 Å². The predicted molar refractivity (Wildman–Crippen MR) is 287 cm³/mol. The standard InChI is InChI=1S/C65H50N2/c1-4-18-46(47-19-8-5-9-20-47)43-44-66(53-34-29-50(30-35-53)48-21-10-6-11-22-48)63-42-41-62(59-39-33-52-25-14-15-26-56(52)64(59)63)67(54-36-31-51(32-37-54)49-23-12-7-13-24-49)55-38-40-58-57-27-16-17-28-60(57)65(2,3)61(58)45-55/h4-45H,1H2,2-3H3/b44-43-,46-18+. The van der Waals surface area contributed by atoms with E-state index in [1.807, 2.05) is 6.08 Å². The number of anilines is 5. The van der Waals surface area contributed by atoms with Crippen molar-refractivity contribution in [3.8, 4) is 33.4 Å². The maximum atomic E-state index is 4.09. The van der Waals surface area contributed by atoms with E-state index in [9.17, 15) is 0 Å². The normalized spacial score (nSPS) is 12.8. The smallest absolute Gasteiger partial charge is 0.0541 e. The first kappa shape index (κ1) is 41.3. The second-order valence-electron chi connectivity index (χ2n) is 17.8. The average Bonchev–Trinajstić information content (AvgIpc) is 3.62. The lowest BCUT2D eigenvalue weighted by Gasteiger charge is -2.31. The van der Waals surface area contributed by atoms with Gasteiger partial charge in [-0.1, -0.05) is 215 Å². The van der Waals surface area contributed by atoms with Gasteiger partial charge in [-0.05, 0) is 121 Å². The van der Waals surface area contributed by atoms with Gasteiger partial charge in [-0.25, -0.2) is 0 Å². The molecule has 67 heavy (non-hydrogen) atoms. The Morgan fingerprint density at radius 2 is 1.00 bits per heavy atom. The SMILES string of the molecule is C=C/C=C(\C=C/N(c1ccc(-c2ccccc2)cc1)c1ccc(N(c2ccc(-c3ccccc3)cc2)c2ccc3c(c2)C(C)(C)c2ccccc2-3)c2ccc3ccccc3c12)c1ccccc1. The van der Waals surface area contributed by atoms with Crippen molar-refractivity contribution < 1.29 is 0 Å². The molecule has 0 saturated carbocycles. The van der Waals surface area contributed by atoms with Crippen molar-refractivity contribution >= 4 is 55.6 Å². The Morgan fingerprint density at radius 3 is 1.69 bits per heavy atom. The highest BCUT2D eigenvalue weighted by molar-refractivity contribution is 6.19. The first-order chi connectivity index (χ1) is 33.0. The second kappa shape index (κ2) is 17.5. The highest BCUT2D eigenvalue weighted by Gasteiger charge is 2.36. The maximum absolute atomic E-state index is 4.09. The molecule has 0 spiro atoms. The minimum absolute atomic E-state index is 0.158. The first-order valence-electron chi connectivity index (χ1n) is 23.1. The van der Waals surface area contributed by atoms with Crippen LogP contribution in [0, 0.1) is 0 Å². The lowest BCUT2D eigenvalue weighted by Crippen LogP contribution is -2.17. The number of hydrogen-bond acceptors (Lipinski definition) is 2. The van der Waals surface area contributed by atoms with Gasteiger partial charge in [0.05, 0.1) is 11.4 Å². The summed E-state index contributed by atoms with van der Waals surface area (Å²) in [4.78, 5) is 4.81. The summed E-state index contributed by atoms with van der Waals surface area (Å²) in [5.41, 5.74) is 17.5. The van der Waals surface area contributed by atoms with Crippen molar-refractivity contribution in [2.45, 2.75) is 19.3 Å². The highest BCUT2D eigenvalue weighted by Crippen LogP contribution is 2.52. The van der Waals surface area contributed by atoms with Crippen LogP contribution >= 0.6 is 0 Å². The molecule has 0 heterocycles. The van der Waals surface area contributed by atoms with Crippen molar-refractivity contribution in [1.82, 2.24) is 0 Å². The predicted octanol–water partition coefficient (Wildman–Crippen LogP) is 18.0. The lowest BCUT2D eigenvalue weighted by molar-refractivity contribution is 0.660. The quantitative estimate of drug-likeness (QED) is 0.0944. The van der Waals surface area contributed by atoms with Crippen LogP contribution in [0.5, 0.6) is 0 Å². The first-order valence-corrected chi connectivity index (χ1v) is 23.1. The molecular weight excluding hydrogens is 809 g/mol. The Morgan fingerprint density at radius 1 is 0.448 bits per heavy atom. The van der Waals surface area contributed by atoms with Crippen molar-refractivity contribution in [3.05, 3.63) is 278 Å². The van der Waals surface area contributed by atoms with Crippen molar-refractivity contribution in [1.29, 1.82) is 0 Å². The average molecular weight is 859 g/mol. The molecule has 2 nitrogen and oxygen atoms in total. The Kier molecular flexibility index (Phi) is 10.8. The van der Waals surface area contributed by atoms with E-state index in [2.05, 4.69) is 279 Å². The largest absolute Gasteiger partial charge is 0.317 e. The van der Waals surface area contributed by atoms with Crippen LogP contribution in [-0.2, 0) is 5.41 Å². The summed E-state index contributed by atoms with van der Waals surface area (Å²) in [7, 11) is 0. The Labute approximate surface area is 394 Å². The Hall–Kier alpha value is -8.46. The van der Waals surface area contributed by atoms with Crippen molar-refractivity contribution in [3.63, 3.8) is 0 Å². The van der Waals surface area contributed by atoms with Crippen LogP contribution in [0.4, 0.5) is 28.4 Å².